The fourth-order valence-corrected chi connectivity index (χ4v) is 1.37. The minimum atomic E-state index is -0.00981. The molecule has 0 aromatic heterocycles. The zero-order valence-corrected chi connectivity index (χ0v) is 7.43. The number of hydrogen-bond acceptors (Lipinski definition) is 3. The lowest BCUT2D eigenvalue weighted by Gasteiger charge is -2.23. The smallest absolute Gasteiger partial charge is 0.246 e. The number of carbonyl (C=O) groups excluding carboxylic acids is 1. The molecule has 1 heterocycles. The first-order valence-corrected chi connectivity index (χ1v) is 4.32. The van der Waals surface area contributed by atoms with E-state index in [1.54, 1.807) is 0 Å². The van der Waals surface area contributed by atoms with Gasteiger partial charge in [0, 0.05) is 13.2 Å². The van der Waals surface area contributed by atoms with Crippen molar-refractivity contribution in [1.82, 2.24) is 10.6 Å². The third-order valence-corrected chi connectivity index (χ3v) is 1.98. The molecule has 1 amide bonds. The maximum atomic E-state index is 11.1. The summed E-state index contributed by atoms with van der Waals surface area (Å²) < 4.78 is 4.72. The molecule has 1 aliphatic rings. The first kappa shape index (κ1) is 9.48. The third kappa shape index (κ3) is 3.19. The SMILES string of the molecule is COCC(=O)NC1CCNCC1. The molecule has 1 aliphatic heterocycles. The quantitative estimate of drug-likeness (QED) is 0.603. The second-order valence-electron chi connectivity index (χ2n) is 3.02. The summed E-state index contributed by atoms with van der Waals surface area (Å²) in [6.07, 6.45) is 2.05. The normalized spacial score (nSPS) is 19.1. The lowest BCUT2D eigenvalue weighted by atomic mass is 10.1. The van der Waals surface area contributed by atoms with Gasteiger partial charge in [0.05, 0.1) is 0 Å². The van der Waals surface area contributed by atoms with Crippen molar-refractivity contribution in [2.24, 2.45) is 0 Å². The Morgan fingerprint density at radius 2 is 2.25 bits per heavy atom. The van der Waals surface area contributed by atoms with Gasteiger partial charge in [0.2, 0.25) is 5.91 Å². The van der Waals surface area contributed by atoms with Gasteiger partial charge < -0.3 is 15.4 Å². The summed E-state index contributed by atoms with van der Waals surface area (Å²) in [5, 5.41) is 6.15. The van der Waals surface area contributed by atoms with Crippen LogP contribution in [-0.2, 0) is 9.53 Å². The second-order valence-corrected chi connectivity index (χ2v) is 3.02. The minimum absolute atomic E-state index is 0.00981. The lowest BCUT2D eigenvalue weighted by Crippen LogP contribution is -2.43. The lowest BCUT2D eigenvalue weighted by molar-refractivity contribution is -0.125. The molecule has 2 N–H and O–H groups in total. The number of amides is 1. The van der Waals surface area contributed by atoms with Crippen LogP contribution in [0.4, 0.5) is 0 Å². The van der Waals surface area contributed by atoms with E-state index in [-0.39, 0.29) is 12.5 Å². The summed E-state index contributed by atoms with van der Waals surface area (Å²) in [7, 11) is 1.53. The molecule has 0 bridgehead atoms. The highest BCUT2D eigenvalue weighted by molar-refractivity contribution is 5.77. The first-order valence-electron chi connectivity index (χ1n) is 4.32. The average Bonchev–Trinajstić information content (AvgIpc) is 2.06. The van der Waals surface area contributed by atoms with Crippen LogP contribution in [0.5, 0.6) is 0 Å². The third-order valence-electron chi connectivity index (χ3n) is 1.98. The number of piperidine rings is 1. The molecule has 4 heteroatoms. The number of hydrogen-bond donors (Lipinski definition) is 2. The van der Waals surface area contributed by atoms with E-state index in [2.05, 4.69) is 10.6 Å². The Hall–Kier alpha value is -0.610. The standard InChI is InChI=1S/C8H16N2O2/c1-12-6-8(11)10-7-2-4-9-5-3-7/h7,9H,2-6H2,1H3,(H,10,11). The fourth-order valence-electron chi connectivity index (χ4n) is 1.37. The number of rotatable bonds is 3. The Kier molecular flexibility index (Phi) is 4.04. The molecule has 0 radical (unpaired) electrons. The van der Waals surface area contributed by atoms with Gasteiger partial charge in [-0.3, -0.25) is 4.79 Å². The van der Waals surface area contributed by atoms with Crippen LogP contribution >= 0.6 is 0 Å². The fraction of sp³-hybridized carbons (Fsp3) is 0.875. The molecule has 0 unspecified atom stereocenters. The first-order chi connectivity index (χ1) is 5.83. The van der Waals surface area contributed by atoms with E-state index >= 15 is 0 Å². The topological polar surface area (TPSA) is 50.4 Å². The van der Waals surface area contributed by atoms with Gasteiger partial charge in [-0.05, 0) is 25.9 Å². The molecule has 0 aliphatic carbocycles. The number of methoxy groups -OCH3 is 1. The van der Waals surface area contributed by atoms with E-state index in [4.69, 9.17) is 4.74 Å². The van der Waals surface area contributed by atoms with Crippen molar-refractivity contribution in [2.45, 2.75) is 18.9 Å². The van der Waals surface area contributed by atoms with E-state index in [1.165, 1.54) is 7.11 Å². The van der Waals surface area contributed by atoms with Gasteiger partial charge in [0.15, 0.2) is 0 Å². The van der Waals surface area contributed by atoms with Crippen LogP contribution in [-0.4, -0.2) is 38.8 Å². The summed E-state index contributed by atoms with van der Waals surface area (Å²) in [5.41, 5.74) is 0. The molecule has 1 rings (SSSR count). The molecule has 0 spiro atoms. The summed E-state index contributed by atoms with van der Waals surface area (Å²) in [6, 6.07) is 0.342. The van der Waals surface area contributed by atoms with E-state index in [1.807, 2.05) is 0 Å². The second kappa shape index (κ2) is 5.11. The van der Waals surface area contributed by atoms with Crippen molar-refractivity contribution in [1.29, 1.82) is 0 Å². The van der Waals surface area contributed by atoms with Crippen LogP contribution in [0.15, 0.2) is 0 Å². The molecule has 1 fully saturated rings. The molecule has 12 heavy (non-hydrogen) atoms. The minimum Gasteiger partial charge on any atom is -0.375 e. The van der Waals surface area contributed by atoms with Crippen LogP contribution in [0.2, 0.25) is 0 Å². The molecule has 0 aromatic carbocycles. The van der Waals surface area contributed by atoms with Gasteiger partial charge in [0.25, 0.3) is 0 Å². The van der Waals surface area contributed by atoms with Crippen LogP contribution < -0.4 is 10.6 Å². The van der Waals surface area contributed by atoms with Crippen molar-refractivity contribution < 1.29 is 9.53 Å². The monoisotopic (exact) mass is 172 g/mol. The summed E-state index contributed by atoms with van der Waals surface area (Å²) in [4.78, 5) is 11.1. The van der Waals surface area contributed by atoms with E-state index in [9.17, 15) is 4.79 Å². The van der Waals surface area contributed by atoms with Gasteiger partial charge in [-0.15, -0.1) is 0 Å². The van der Waals surface area contributed by atoms with Crippen molar-refractivity contribution in [2.75, 3.05) is 26.8 Å². The predicted molar refractivity (Wildman–Crippen MR) is 45.9 cm³/mol. The van der Waals surface area contributed by atoms with Crippen molar-refractivity contribution in [3.8, 4) is 0 Å². The van der Waals surface area contributed by atoms with Crippen LogP contribution in [0.1, 0.15) is 12.8 Å². The molecule has 0 aromatic rings. The largest absolute Gasteiger partial charge is 0.375 e. The number of nitrogens with one attached hydrogen (secondary N) is 2. The van der Waals surface area contributed by atoms with E-state index < -0.39 is 0 Å². The highest BCUT2D eigenvalue weighted by Crippen LogP contribution is 2.01. The Bertz CT molecular complexity index is 144. The number of carbonyl (C=O) groups is 1. The van der Waals surface area contributed by atoms with Crippen molar-refractivity contribution in [3.63, 3.8) is 0 Å². The number of ether oxygens (including phenoxy) is 1. The summed E-state index contributed by atoms with van der Waals surface area (Å²) in [5.74, 6) is -0.00981. The van der Waals surface area contributed by atoms with E-state index in [0.29, 0.717) is 6.04 Å². The maximum Gasteiger partial charge on any atom is 0.246 e. The van der Waals surface area contributed by atoms with Crippen LogP contribution in [0.25, 0.3) is 0 Å². The molecule has 0 saturated carbocycles. The van der Waals surface area contributed by atoms with Crippen molar-refractivity contribution in [3.05, 3.63) is 0 Å². The van der Waals surface area contributed by atoms with Gasteiger partial charge in [-0.1, -0.05) is 0 Å². The molecule has 4 nitrogen and oxygen atoms in total. The van der Waals surface area contributed by atoms with E-state index in [0.717, 1.165) is 25.9 Å². The van der Waals surface area contributed by atoms with Gasteiger partial charge in [0.1, 0.15) is 6.61 Å². The van der Waals surface area contributed by atoms with Gasteiger partial charge >= 0.3 is 0 Å². The average molecular weight is 172 g/mol. The van der Waals surface area contributed by atoms with Gasteiger partial charge in [-0.2, -0.15) is 0 Å². The maximum absolute atomic E-state index is 11.1. The van der Waals surface area contributed by atoms with Crippen LogP contribution in [0.3, 0.4) is 0 Å². The van der Waals surface area contributed by atoms with Gasteiger partial charge in [-0.25, -0.2) is 0 Å². The Balaban J connectivity index is 2.15. The molecular formula is C8H16N2O2. The van der Waals surface area contributed by atoms with Crippen LogP contribution in [0, 0.1) is 0 Å². The molecule has 1 saturated heterocycles. The highest BCUT2D eigenvalue weighted by Gasteiger charge is 2.14. The Morgan fingerprint density at radius 3 is 2.83 bits per heavy atom. The summed E-state index contributed by atoms with van der Waals surface area (Å²) in [6.45, 7) is 2.17. The Labute approximate surface area is 72.7 Å². The highest BCUT2D eigenvalue weighted by atomic mass is 16.5. The Morgan fingerprint density at radius 1 is 1.58 bits per heavy atom. The molecule has 70 valence electrons. The molecule has 0 atom stereocenters. The zero-order chi connectivity index (χ0) is 8.81. The predicted octanol–water partition coefficient (Wildman–Crippen LogP) is -0.499. The van der Waals surface area contributed by atoms with Crippen molar-refractivity contribution >= 4 is 5.91 Å². The summed E-state index contributed by atoms with van der Waals surface area (Å²) >= 11 is 0. The zero-order valence-electron chi connectivity index (χ0n) is 7.43. The molecular weight excluding hydrogens is 156 g/mol.